The molecule has 0 N–H and O–H groups in total. The van der Waals surface area contributed by atoms with Crippen molar-refractivity contribution >= 4 is 8.56 Å². The highest BCUT2D eigenvalue weighted by Crippen LogP contribution is 2.24. The van der Waals surface area contributed by atoms with E-state index in [9.17, 15) is 0 Å². The molecule has 3 heteroatoms. The largest absolute Gasteiger partial charge is 0.398 e. The van der Waals surface area contributed by atoms with E-state index < -0.39 is 8.56 Å². The van der Waals surface area contributed by atoms with Crippen LogP contribution in [0.15, 0.2) is 0 Å². The molecule has 0 spiro atoms. The van der Waals surface area contributed by atoms with Gasteiger partial charge in [-0.15, -0.1) is 0 Å². The minimum Gasteiger partial charge on any atom is -0.398 e. The quantitative estimate of drug-likeness (QED) is 0.190. The predicted molar refractivity (Wildman–Crippen MR) is 115 cm³/mol. The zero-order valence-corrected chi connectivity index (χ0v) is 19.4. The summed E-state index contributed by atoms with van der Waals surface area (Å²) in [5.41, 5.74) is -0.0903. The molecule has 0 aromatic heterocycles. The molecule has 0 rings (SSSR count). The van der Waals surface area contributed by atoms with Crippen molar-refractivity contribution in [2.24, 2.45) is 0 Å². The van der Waals surface area contributed by atoms with E-state index in [1.165, 1.54) is 89.9 Å². The molecule has 0 saturated heterocycles. The van der Waals surface area contributed by atoms with Crippen LogP contribution in [-0.4, -0.2) is 21.3 Å². The van der Waals surface area contributed by atoms with Gasteiger partial charge in [0.05, 0.1) is 5.60 Å². The van der Waals surface area contributed by atoms with Crippen LogP contribution < -0.4 is 0 Å². The Morgan fingerprint density at radius 3 is 1.32 bits per heavy atom. The SMILES string of the molecule is CCCCCCCCCCCCCCCC[Si](C)(OC)OC(C)(C)C. The zero-order chi connectivity index (χ0) is 19.0. The maximum absolute atomic E-state index is 6.20. The minimum atomic E-state index is -1.96. The fraction of sp³-hybridized carbons (Fsp3) is 1.00. The third-order valence-corrected chi connectivity index (χ3v) is 8.11. The van der Waals surface area contributed by atoms with Crippen molar-refractivity contribution in [1.82, 2.24) is 0 Å². The van der Waals surface area contributed by atoms with E-state index in [0.717, 1.165) is 6.04 Å². The fourth-order valence-electron chi connectivity index (χ4n) is 3.48. The van der Waals surface area contributed by atoms with Crippen molar-refractivity contribution in [2.75, 3.05) is 7.11 Å². The maximum Gasteiger partial charge on any atom is 0.335 e. The van der Waals surface area contributed by atoms with Gasteiger partial charge in [-0.1, -0.05) is 96.8 Å². The summed E-state index contributed by atoms with van der Waals surface area (Å²) < 4.78 is 11.9. The second-order valence-corrected chi connectivity index (χ2v) is 12.3. The second-order valence-electron chi connectivity index (χ2n) is 8.90. The minimum absolute atomic E-state index is 0.0903. The van der Waals surface area contributed by atoms with Crippen LogP contribution in [0.25, 0.3) is 0 Å². The average molecular weight is 373 g/mol. The first-order valence-electron chi connectivity index (χ1n) is 11.1. The number of hydrogen-bond acceptors (Lipinski definition) is 2. The van der Waals surface area contributed by atoms with Crippen LogP contribution in [0.2, 0.25) is 12.6 Å². The van der Waals surface area contributed by atoms with E-state index in [1.807, 2.05) is 7.11 Å². The van der Waals surface area contributed by atoms with E-state index in [-0.39, 0.29) is 5.60 Å². The lowest BCUT2D eigenvalue weighted by atomic mass is 10.0. The summed E-state index contributed by atoms with van der Waals surface area (Å²) in [5, 5.41) is 0. The molecule has 2 nitrogen and oxygen atoms in total. The van der Waals surface area contributed by atoms with Crippen LogP contribution in [0, 0.1) is 0 Å². The number of hydrogen-bond donors (Lipinski definition) is 0. The van der Waals surface area contributed by atoms with E-state index in [4.69, 9.17) is 8.85 Å². The van der Waals surface area contributed by atoms with Gasteiger partial charge >= 0.3 is 8.56 Å². The van der Waals surface area contributed by atoms with Gasteiger partial charge in [0.25, 0.3) is 0 Å². The molecule has 0 saturated carbocycles. The molecule has 0 aliphatic carbocycles. The van der Waals surface area contributed by atoms with Crippen LogP contribution in [0.1, 0.15) is 118 Å². The van der Waals surface area contributed by atoms with E-state index >= 15 is 0 Å². The Morgan fingerprint density at radius 1 is 0.640 bits per heavy atom. The lowest BCUT2D eigenvalue weighted by Crippen LogP contribution is -2.43. The average Bonchev–Trinajstić information content (AvgIpc) is 2.53. The Kier molecular flexibility index (Phi) is 15.3. The summed E-state index contributed by atoms with van der Waals surface area (Å²) in [6.07, 6.45) is 19.7. The highest BCUT2D eigenvalue weighted by atomic mass is 28.4. The molecule has 25 heavy (non-hydrogen) atoms. The van der Waals surface area contributed by atoms with Gasteiger partial charge < -0.3 is 8.85 Å². The van der Waals surface area contributed by atoms with E-state index in [0.29, 0.717) is 0 Å². The molecule has 0 aliphatic rings. The van der Waals surface area contributed by atoms with Crippen molar-refractivity contribution in [3.05, 3.63) is 0 Å². The van der Waals surface area contributed by atoms with Crippen LogP contribution >= 0.6 is 0 Å². The van der Waals surface area contributed by atoms with E-state index in [2.05, 4.69) is 34.2 Å². The Morgan fingerprint density at radius 2 is 1.00 bits per heavy atom. The smallest absolute Gasteiger partial charge is 0.335 e. The molecule has 0 heterocycles. The third kappa shape index (κ3) is 17.3. The summed E-state index contributed by atoms with van der Waals surface area (Å²) in [6.45, 7) is 10.9. The van der Waals surface area contributed by atoms with Gasteiger partial charge in [0, 0.05) is 7.11 Å². The van der Waals surface area contributed by atoms with Gasteiger partial charge in [0.2, 0.25) is 0 Å². The first kappa shape index (κ1) is 25.1. The third-order valence-electron chi connectivity index (χ3n) is 4.94. The molecule has 1 atom stereocenters. The van der Waals surface area contributed by atoms with Crippen molar-refractivity contribution < 1.29 is 8.85 Å². The summed E-state index contributed by atoms with van der Waals surface area (Å²) in [7, 11) is -0.140. The zero-order valence-electron chi connectivity index (χ0n) is 18.4. The maximum atomic E-state index is 6.20. The topological polar surface area (TPSA) is 18.5 Å². The summed E-state index contributed by atoms with van der Waals surface area (Å²) >= 11 is 0. The Balaban J connectivity index is 3.41. The molecule has 0 aliphatic heterocycles. The molecule has 1 unspecified atom stereocenters. The van der Waals surface area contributed by atoms with Crippen molar-refractivity contribution in [3.63, 3.8) is 0 Å². The molecule has 0 radical (unpaired) electrons. The molecular weight excluding hydrogens is 324 g/mol. The number of unbranched alkanes of at least 4 members (excludes halogenated alkanes) is 13. The van der Waals surface area contributed by atoms with Gasteiger partial charge in [-0.05, 0) is 33.4 Å². The van der Waals surface area contributed by atoms with Crippen molar-refractivity contribution in [2.45, 2.75) is 136 Å². The molecule has 152 valence electrons. The van der Waals surface area contributed by atoms with Crippen molar-refractivity contribution in [3.8, 4) is 0 Å². The van der Waals surface area contributed by atoms with Gasteiger partial charge in [0.1, 0.15) is 0 Å². The molecule has 0 bridgehead atoms. The molecule has 0 amide bonds. The second kappa shape index (κ2) is 15.2. The normalized spacial score (nSPS) is 14.6. The summed E-state index contributed by atoms with van der Waals surface area (Å²) in [4.78, 5) is 0. The highest BCUT2D eigenvalue weighted by molar-refractivity contribution is 6.66. The van der Waals surface area contributed by atoms with Crippen LogP contribution in [0.5, 0.6) is 0 Å². The lowest BCUT2D eigenvalue weighted by Gasteiger charge is -2.33. The first-order valence-corrected chi connectivity index (χ1v) is 13.6. The fourth-order valence-corrected chi connectivity index (χ4v) is 6.06. The monoisotopic (exact) mass is 372 g/mol. The van der Waals surface area contributed by atoms with Gasteiger partial charge in [-0.3, -0.25) is 0 Å². The number of rotatable bonds is 17. The molecule has 0 aromatic carbocycles. The van der Waals surface area contributed by atoms with Crippen molar-refractivity contribution in [1.29, 1.82) is 0 Å². The lowest BCUT2D eigenvalue weighted by molar-refractivity contribution is 0.0758. The first-order chi connectivity index (χ1) is 11.8. The van der Waals surface area contributed by atoms with Gasteiger partial charge in [-0.25, -0.2) is 0 Å². The Hall–Kier alpha value is 0.137. The van der Waals surface area contributed by atoms with Crippen LogP contribution in [0.3, 0.4) is 0 Å². The highest BCUT2D eigenvalue weighted by Gasteiger charge is 2.34. The Labute approximate surface area is 160 Å². The van der Waals surface area contributed by atoms with Crippen LogP contribution in [0.4, 0.5) is 0 Å². The van der Waals surface area contributed by atoms with Crippen LogP contribution in [-0.2, 0) is 8.85 Å². The van der Waals surface area contributed by atoms with E-state index in [1.54, 1.807) is 0 Å². The molecule has 0 aromatic rings. The molecular formula is C22H48O2Si. The predicted octanol–water partition coefficient (Wildman–Crippen LogP) is 8.00. The summed E-state index contributed by atoms with van der Waals surface area (Å²) in [6, 6.07) is 1.12. The summed E-state index contributed by atoms with van der Waals surface area (Å²) in [5.74, 6) is 0. The van der Waals surface area contributed by atoms with Gasteiger partial charge in [0.15, 0.2) is 0 Å². The Bertz CT molecular complexity index is 288. The molecule has 0 fully saturated rings. The van der Waals surface area contributed by atoms with Gasteiger partial charge in [-0.2, -0.15) is 0 Å². The standard InChI is InChI=1S/C22H48O2Si/c1-7-8-9-10-11-12-13-14-15-16-17-18-19-20-21-25(6,23-5)24-22(2,3)4/h7-21H2,1-6H3.